The van der Waals surface area contributed by atoms with E-state index >= 15 is 0 Å². The number of allylic oxidation sites excluding steroid dienone is 1. The van der Waals surface area contributed by atoms with Crippen molar-refractivity contribution in [2.24, 2.45) is 0 Å². The minimum atomic E-state index is -0.284. The van der Waals surface area contributed by atoms with Gasteiger partial charge < -0.3 is 23.5 Å². The number of anilines is 1. The number of nitrogens with zero attached hydrogens (tertiary/aromatic N) is 2. The van der Waals surface area contributed by atoms with Crippen LogP contribution in [-0.2, 0) is 0 Å². The third-order valence-electron chi connectivity index (χ3n) is 6.03. The normalized spacial score (nSPS) is 11.4. The van der Waals surface area contributed by atoms with Crippen molar-refractivity contribution in [1.82, 2.24) is 4.98 Å². The van der Waals surface area contributed by atoms with Gasteiger partial charge in [-0.15, -0.1) is 0 Å². The summed E-state index contributed by atoms with van der Waals surface area (Å²) in [5.41, 5.74) is 3.93. The number of carbonyl (C=O) groups excluding carboxylic acids is 1. The third kappa shape index (κ3) is 4.91. The van der Waals surface area contributed by atoms with Crippen LogP contribution in [0, 0.1) is 0 Å². The molecule has 4 aromatic rings. The summed E-state index contributed by atoms with van der Waals surface area (Å²) in [4.78, 5) is 20.8. The molecule has 0 amide bonds. The van der Waals surface area contributed by atoms with E-state index in [9.17, 15) is 4.79 Å². The topological polar surface area (TPSA) is 74.0 Å². The number of carbonyl (C=O) groups is 1. The molecule has 0 atom stereocenters. The first-order valence-electron chi connectivity index (χ1n) is 11.8. The Morgan fingerprint density at radius 1 is 0.917 bits per heavy atom. The monoisotopic (exact) mass is 486 g/mol. The molecule has 0 saturated heterocycles. The molecule has 4 rings (SSSR count). The summed E-state index contributed by atoms with van der Waals surface area (Å²) in [6, 6.07) is 18.7. The number of benzene rings is 3. The van der Waals surface area contributed by atoms with E-state index in [0.29, 0.717) is 39.5 Å². The lowest BCUT2D eigenvalue weighted by Crippen LogP contribution is -2.21. The molecule has 7 nitrogen and oxygen atoms in total. The van der Waals surface area contributed by atoms with Crippen LogP contribution in [0.5, 0.6) is 17.2 Å². The van der Waals surface area contributed by atoms with Crippen LogP contribution in [0.1, 0.15) is 35.7 Å². The van der Waals surface area contributed by atoms with Gasteiger partial charge in [-0.2, -0.15) is 0 Å². The smallest absolute Gasteiger partial charge is 0.231 e. The first-order valence-corrected chi connectivity index (χ1v) is 11.8. The van der Waals surface area contributed by atoms with Crippen molar-refractivity contribution < 1.29 is 23.4 Å². The maximum Gasteiger partial charge on any atom is 0.231 e. The largest absolute Gasteiger partial charge is 0.493 e. The molecule has 0 fully saturated rings. The van der Waals surface area contributed by atoms with Crippen molar-refractivity contribution in [3.05, 3.63) is 77.7 Å². The van der Waals surface area contributed by atoms with Gasteiger partial charge in [0, 0.05) is 24.3 Å². The van der Waals surface area contributed by atoms with E-state index in [-0.39, 0.29) is 11.7 Å². The highest BCUT2D eigenvalue weighted by molar-refractivity contribution is 6.31. The van der Waals surface area contributed by atoms with E-state index in [1.807, 2.05) is 48.5 Å². The molecular formula is C29H30N2O5. The third-order valence-corrected chi connectivity index (χ3v) is 6.03. The number of ketones is 1. The van der Waals surface area contributed by atoms with Crippen LogP contribution in [0.4, 0.5) is 5.69 Å². The van der Waals surface area contributed by atoms with Gasteiger partial charge in [-0.3, -0.25) is 4.79 Å². The quantitative estimate of drug-likeness (QED) is 0.197. The van der Waals surface area contributed by atoms with Crippen LogP contribution in [0.25, 0.3) is 22.7 Å². The lowest BCUT2D eigenvalue weighted by atomic mass is 9.99. The molecule has 0 N–H and O–H groups in total. The Labute approximate surface area is 210 Å². The molecule has 0 bridgehead atoms. The van der Waals surface area contributed by atoms with Crippen LogP contribution in [-0.4, -0.2) is 45.2 Å². The Balaban J connectivity index is 1.84. The fourth-order valence-electron chi connectivity index (χ4n) is 4.12. The van der Waals surface area contributed by atoms with Crippen molar-refractivity contribution >= 4 is 34.2 Å². The number of hydrogen-bond acceptors (Lipinski definition) is 7. The number of ether oxygens (including phenoxy) is 3. The number of rotatable bonds is 10. The zero-order valence-electron chi connectivity index (χ0n) is 21.2. The zero-order chi connectivity index (χ0) is 25.7. The molecule has 0 unspecified atom stereocenters. The summed E-state index contributed by atoms with van der Waals surface area (Å²) in [7, 11) is 4.55. The van der Waals surface area contributed by atoms with Crippen LogP contribution in [0.2, 0.25) is 0 Å². The fraction of sp³-hybridized carbons (Fsp3) is 0.241. The lowest BCUT2D eigenvalue weighted by molar-refractivity contribution is 0.105. The predicted molar refractivity (Wildman–Crippen MR) is 142 cm³/mol. The highest BCUT2D eigenvalue weighted by Gasteiger charge is 2.24. The molecule has 0 saturated carbocycles. The molecule has 3 aromatic carbocycles. The Morgan fingerprint density at radius 3 is 2.11 bits per heavy atom. The van der Waals surface area contributed by atoms with E-state index in [1.54, 1.807) is 18.2 Å². The average Bonchev–Trinajstić information content (AvgIpc) is 3.36. The lowest BCUT2D eigenvalue weighted by Gasteiger charge is -2.20. The zero-order valence-corrected chi connectivity index (χ0v) is 21.2. The molecule has 36 heavy (non-hydrogen) atoms. The second-order valence-electron chi connectivity index (χ2n) is 8.05. The average molecular weight is 487 g/mol. The summed E-state index contributed by atoms with van der Waals surface area (Å²) < 4.78 is 22.3. The maximum atomic E-state index is 13.9. The SMILES string of the molecule is CCN(CC)c1ccc(C=C(C(=O)c2cc(OC)c(OC)c(OC)c2)c2nc3ccccc3o2)cc1. The first kappa shape index (κ1) is 24.9. The molecular weight excluding hydrogens is 456 g/mol. The summed E-state index contributed by atoms with van der Waals surface area (Å²) in [5, 5.41) is 0. The summed E-state index contributed by atoms with van der Waals surface area (Å²) in [6.07, 6.45) is 1.79. The van der Waals surface area contributed by atoms with E-state index in [1.165, 1.54) is 21.3 Å². The van der Waals surface area contributed by atoms with Crippen LogP contribution in [0.3, 0.4) is 0 Å². The van der Waals surface area contributed by atoms with Crippen molar-refractivity contribution in [3.8, 4) is 17.2 Å². The molecule has 0 aliphatic rings. The van der Waals surface area contributed by atoms with Crippen molar-refractivity contribution in [1.29, 1.82) is 0 Å². The number of aromatic nitrogens is 1. The number of fused-ring (bicyclic) bond motifs is 1. The van der Waals surface area contributed by atoms with Crippen LogP contribution >= 0.6 is 0 Å². The summed E-state index contributed by atoms with van der Waals surface area (Å²) >= 11 is 0. The number of Topliss-reactive ketones (excluding diaryl/α,β-unsaturated/α-hetero) is 1. The van der Waals surface area contributed by atoms with Gasteiger partial charge in [0.25, 0.3) is 0 Å². The second-order valence-corrected chi connectivity index (χ2v) is 8.05. The molecule has 0 aliphatic heterocycles. The van der Waals surface area contributed by atoms with Crippen molar-refractivity contribution in [2.45, 2.75) is 13.8 Å². The number of methoxy groups -OCH3 is 3. The molecule has 1 heterocycles. The van der Waals surface area contributed by atoms with Crippen molar-refractivity contribution in [3.63, 3.8) is 0 Å². The number of hydrogen-bond donors (Lipinski definition) is 0. The van der Waals surface area contributed by atoms with Gasteiger partial charge in [0.15, 0.2) is 22.9 Å². The van der Waals surface area contributed by atoms with E-state index in [0.717, 1.165) is 24.3 Å². The fourth-order valence-corrected chi connectivity index (χ4v) is 4.12. The first-order chi connectivity index (χ1) is 17.5. The maximum absolute atomic E-state index is 13.9. The van der Waals surface area contributed by atoms with Crippen LogP contribution < -0.4 is 19.1 Å². The molecule has 7 heteroatoms. The van der Waals surface area contributed by atoms with Gasteiger partial charge in [-0.05, 0) is 61.9 Å². The molecule has 0 radical (unpaired) electrons. The molecule has 1 aromatic heterocycles. The Kier molecular flexibility index (Phi) is 7.59. The minimum absolute atomic E-state index is 0.239. The van der Waals surface area contributed by atoms with Gasteiger partial charge in [0.2, 0.25) is 11.6 Å². The number of para-hydroxylation sites is 2. The Bertz CT molecular complexity index is 1330. The predicted octanol–water partition coefficient (Wildman–Crippen LogP) is 6.12. The minimum Gasteiger partial charge on any atom is -0.493 e. The standard InChI is InChI=1S/C29H30N2O5/c1-6-31(7-2)21-14-12-19(13-15-21)16-22(29-30-23-10-8-9-11-24(23)36-29)27(32)20-17-25(33-3)28(35-5)26(18-20)34-4/h8-18H,6-7H2,1-5H3. The van der Waals surface area contributed by atoms with E-state index < -0.39 is 0 Å². The molecule has 186 valence electrons. The highest BCUT2D eigenvalue weighted by atomic mass is 16.5. The van der Waals surface area contributed by atoms with Gasteiger partial charge in [-0.1, -0.05) is 24.3 Å². The summed E-state index contributed by atoms with van der Waals surface area (Å²) in [5.74, 6) is 1.15. The van der Waals surface area contributed by atoms with Crippen molar-refractivity contribution in [2.75, 3.05) is 39.3 Å². The molecule has 0 aliphatic carbocycles. The van der Waals surface area contributed by atoms with Crippen LogP contribution in [0.15, 0.2) is 65.1 Å². The van der Waals surface area contributed by atoms with Gasteiger partial charge in [0.1, 0.15) is 5.52 Å². The van der Waals surface area contributed by atoms with Gasteiger partial charge >= 0.3 is 0 Å². The highest BCUT2D eigenvalue weighted by Crippen LogP contribution is 2.39. The second kappa shape index (κ2) is 11.0. The van der Waals surface area contributed by atoms with Gasteiger partial charge in [0.05, 0.1) is 26.9 Å². The van der Waals surface area contributed by atoms with E-state index in [2.05, 4.69) is 23.7 Å². The van der Waals surface area contributed by atoms with E-state index in [4.69, 9.17) is 18.6 Å². The van der Waals surface area contributed by atoms with Gasteiger partial charge in [-0.25, -0.2) is 4.98 Å². The summed E-state index contributed by atoms with van der Waals surface area (Å²) in [6.45, 7) is 6.08. The Hall–Kier alpha value is -4.26. The molecule has 0 spiro atoms. The number of oxazole rings is 1. The Morgan fingerprint density at radius 2 is 1.56 bits per heavy atom.